The van der Waals surface area contributed by atoms with Gasteiger partial charge in [0, 0.05) is 12.1 Å². The van der Waals surface area contributed by atoms with Gasteiger partial charge in [-0.25, -0.2) is 4.79 Å². The Hall–Kier alpha value is -2.63. The van der Waals surface area contributed by atoms with E-state index in [1.54, 1.807) is 44.2 Å². The summed E-state index contributed by atoms with van der Waals surface area (Å²) in [6.07, 6.45) is 1.52. The van der Waals surface area contributed by atoms with Crippen LogP contribution in [0.5, 0.6) is 0 Å². The van der Waals surface area contributed by atoms with Gasteiger partial charge in [-0.3, -0.25) is 9.59 Å². The normalized spacial score (nSPS) is 11.4. The van der Waals surface area contributed by atoms with E-state index in [-0.39, 0.29) is 11.8 Å². The van der Waals surface area contributed by atoms with E-state index in [9.17, 15) is 14.4 Å². The smallest absolute Gasteiger partial charge is 0.329 e. The van der Waals surface area contributed by atoms with Gasteiger partial charge in [-0.05, 0) is 18.1 Å². The van der Waals surface area contributed by atoms with Crippen LogP contribution in [0.15, 0.2) is 43.0 Å². The number of esters is 1. The van der Waals surface area contributed by atoms with Crippen molar-refractivity contribution < 1.29 is 19.1 Å². The number of rotatable bonds is 8. The molecule has 6 heteroatoms. The average molecular weight is 318 g/mol. The Morgan fingerprint density at radius 1 is 1.22 bits per heavy atom. The van der Waals surface area contributed by atoms with Crippen molar-refractivity contribution in [2.24, 2.45) is 5.92 Å². The van der Waals surface area contributed by atoms with Crippen LogP contribution < -0.4 is 10.6 Å². The van der Waals surface area contributed by atoms with Crippen LogP contribution in [-0.4, -0.2) is 37.0 Å². The first kappa shape index (κ1) is 18.4. The third-order valence-electron chi connectivity index (χ3n) is 3.03. The van der Waals surface area contributed by atoms with Gasteiger partial charge in [0.1, 0.15) is 6.04 Å². The van der Waals surface area contributed by atoms with Gasteiger partial charge in [-0.15, -0.1) is 6.58 Å². The molecule has 1 rings (SSSR count). The van der Waals surface area contributed by atoms with Crippen molar-refractivity contribution in [3.05, 3.63) is 48.6 Å². The number of carbonyl (C=O) groups is 3. The molecule has 0 saturated carbocycles. The standard InChI is InChI=1S/C17H22N2O4/c1-4-10-18-14(20)11-23-17(22)15(12(2)3)19-16(21)13-8-6-5-7-9-13/h4-9,12,15H,1,10-11H2,2-3H3,(H,18,20)(H,19,21)/t15-/m0/s1. The van der Waals surface area contributed by atoms with Gasteiger partial charge in [-0.1, -0.05) is 38.1 Å². The van der Waals surface area contributed by atoms with Crippen LogP contribution in [0, 0.1) is 5.92 Å². The first-order valence-electron chi connectivity index (χ1n) is 7.35. The third kappa shape index (κ3) is 6.34. The van der Waals surface area contributed by atoms with Crippen LogP contribution in [-0.2, 0) is 14.3 Å². The fraction of sp³-hybridized carbons (Fsp3) is 0.353. The Bertz CT molecular complexity index is 555. The molecule has 2 N–H and O–H groups in total. The second-order valence-electron chi connectivity index (χ2n) is 5.26. The molecule has 1 atom stereocenters. The lowest BCUT2D eigenvalue weighted by Crippen LogP contribution is -2.46. The number of hydrogen-bond donors (Lipinski definition) is 2. The van der Waals surface area contributed by atoms with E-state index in [4.69, 9.17) is 4.74 Å². The van der Waals surface area contributed by atoms with Crippen LogP contribution in [0.4, 0.5) is 0 Å². The van der Waals surface area contributed by atoms with E-state index in [0.29, 0.717) is 12.1 Å². The van der Waals surface area contributed by atoms with Crippen LogP contribution in [0.2, 0.25) is 0 Å². The summed E-state index contributed by atoms with van der Waals surface area (Å²) in [5, 5.41) is 5.14. The molecule has 0 spiro atoms. The van der Waals surface area contributed by atoms with Crippen molar-refractivity contribution in [3.8, 4) is 0 Å². The number of hydrogen-bond acceptors (Lipinski definition) is 4. The Labute approximate surface area is 135 Å². The zero-order valence-corrected chi connectivity index (χ0v) is 13.4. The fourth-order valence-electron chi connectivity index (χ4n) is 1.78. The molecule has 0 radical (unpaired) electrons. The lowest BCUT2D eigenvalue weighted by Gasteiger charge is -2.20. The number of nitrogens with one attached hydrogen (secondary N) is 2. The second kappa shape index (κ2) is 9.40. The zero-order chi connectivity index (χ0) is 17.2. The SMILES string of the molecule is C=CCNC(=O)COC(=O)[C@@H](NC(=O)c1ccccc1)C(C)C. The molecule has 0 heterocycles. The van der Waals surface area contributed by atoms with E-state index in [1.165, 1.54) is 6.08 Å². The highest BCUT2D eigenvalue weighted by Crippen LogP contribution is 2.07. The monoisotopic (exact) mass is 318 g/mol. The molecule has 0 fully saturated rings. The molecule has 6 nitrogen and oxygen atoms in total. The predicted octanol–water partition coefficient (Wildman–Crippen LogP) is 1.29. The van der Waals surface area contributed by atoms with Crippen LogP contribution >= 0.6 is 0 Å². The predicted molar refractivity (Wildman–Crippen MR) is 86.7 cm³/mol. The molecule has 0 aromatic heterocycles. The number of amides is 2. The highest BCUT2D eigenvalue weighted by Gasteiger charge is 2.26. The topological polar surface area (TPSA) is 84.5 Å². The van der Waals surface area contributed by atoms with Crippen molar-refractivity contribution in [2.75, 3.05) is 13.2 Å². The molecule has 2 amide bonds. The molecule has 0 bridgehead atoms. The van der Waals surface area contributed by atoms with Gasteiger partial charge < -0.3 is 15.4 Å². The second-order valence-corrected chi connectivity index (χ2v) is 5.26. The van der Waals surface area contributed by atoms with Crippen LogP contribution in [0.1, 0.15) is 24.2 Å². The van der Waals surface area contributed by atoms with Gasteiger partial charge in [0.15, 0.2) is 6.61 Å². The minimum absolute atomic E-state index is 0.175. The Morgan fingerprint density at radius 3 is 2.43 bits per heavy atom. The number of benzene rings is 1. The summed E-state index contributed by atoms with van der Waals surface area (Å²) >= 11 is 0. The highest BCUT2D eigenvalue weighted by atomic mass is 16.5. The molecule has 124 valence electrons. The highest BCUT2D eigenvalue weighted by molar-refractivity contribution is 5.97. The molecule has 0 saturated heterocycles. The maximum Gasteiger partial charge on any atom is 0.329 e. The van der Waals surface area contributed by atoms with Gasteiger partial charge in [0.25, 0.3) is 11.8 Å². The van der Waals surface area contributed by atoms with Crippen molar-refractivity contribution in [3.63, 3.8) is 0 Å². The fourth-order valence-corrected chi connectivity index (χ4v) is 1.78. The molecule has 0 aliphatic heterocycles. The minimum Gasteiger partial charge on any atom is -0.454 e. The van der Waals surface area contributed by atoms with Gasteiger partial charge >= 0.3 is 5.97 Å². The van der Waals surface area contributed by atoms with Crippen LogP contribution in [0.3, 0.4) is 0 Å². The summed E-state index contributed by atoms with van der Waals surface area (Å²) in [6.45, 7) is 6.95. The zero-order valence-electron chi connectivity index (χ0n) is 13.4. The van der Waals surface area contributed by atoms with Gasteiger partial charge in [-0.2, -0.15) is 0 Å². The molecular formula is C17H22N2O4. The summed E-state index contributed by atoms with van der Waals surface area (Å²) in [5.74, 6) is -1.60. The van der Waals surface area contributed by atoms with E-state index >= 15 is 0 Å². The molecular weight excluding hydrogens is 296 g/mol. The summed E-state index contributed by atoms with van der Waals surface area (Å²) in [7, 11) is 0. The quantitative estimate of drug-likeness (QED) is 0.559. The molecule has 0 aliphatic rings. The molecule has 1 aromatic carbocycles. The molecule has 1 aromatic rings. The maximum atomic E-state index is 12.1. The van der Waals surface area contributed by atoms with E-state index in [2.05, 4.69) is 17.2 Å². The first-order chi connectivity index (χ1) is 11.0. The summed E-state index contributed by atoms with van der Waals surface area (Å²) in [6, 6.07) is 7.76. The Balaban J connectivity index is 2.60. The van der Waals surface area contributed by atoms with Gasteiger partial charge in [0.05, 0.1) is 0 Å². The van der Waals surface area contributed by atoms with Gasteiger partial charge in [0.2, 0.25) is 0 Å². The summed E-state index contributed by atoms with van der Waals surface area (Å²) in [4.78, 5) is 35.6. The lowest BCUT2D eigenvalue weighted by atomic mass is 10.0. The van der Waals surface area contributed by atoms with E-state index < -0.39 is 24.5 Å². The van der Waals surface area contributed by atoms with E-state index in [1.807, 2.05) is 0 Å². The summed E-state index contributed by atoms with van der Waals surface area (Å²) < 4.78 is 4.96. The molecule has 0 aliphatic carbocycles. The third-order valence-corrected chi connectivity index (χ3v) is 3.03. The number of ether oxygens (including phenoxy) is 1. The van der Waals surface area contributed by atoms with Crippen molar-refractivity contribution >= 4 is 17.8 Å². The van der Waals surface area contributed by atoms with Crippen LogP contribution in [0.25, 0.3) is 0 Å². The van der Waals surface area contributed by atoms with Crippen molar-refractivity contribution in [1.82, 2.24) is 10.6 Å². The van der Waals surface area contributed by atoms with E-state index in [0.717, 1.165) is 0 Å². The molecule has 0 unspecified atom stereocenters. The first-order valence-corrected chi connectivity index (χ1v) is 7.35. The maximum absolute atomic E-state index is 12.1. The minimum atomic E-state index is -0.824. The van der Waals surface area contributed by atoms with Crippen molar-refractivity contribution in [2.45, 2.75) is 19.9 Å². The molecule has 23 heavy (non-hydrogen) atoms. The number of carbonyl (C=O) groups excluding carboxylic acids is 3. The largest absolute Gasteiger partial charge is 0.454 e. The van der Waals surface area contributed by atoms with Crippen molar-refractivity contribution in [1.29, 1.82) is 0 Å². The average Bonchev–Trinajstić information content (AvgIpc) is 2.55. The Morgan fingerprint density at radius 2 is 1.87 bits per heavy atom. The Kier molecular flexibility index (Phi) is 7.53. The summed E-state index contributed by atoms with van der Waals surface area (Å²) in [5.41, 5.74) is 0.453. The lowest BCUT2D eigenvalue weighted by molar-refractivity contribution is -0.151.